The van der Waals surface area contributed by atoms with Crippen LogP contribution in [0.25, 0.3) is 11.2 Å². The Labute approximate surface area is 181 Å². The normalized spacial score (nSPS) is 11.2. The molecule has 4 rings (SSSR count). The molecule has 1 amide bonds. The van der Waals surface area contributed by atoms with E-state index in [-0.39, 0.29) is 12.3 Å². The molecule has 1 N–H and O–H groups in total. The van der Waals surface area contributed by atoms with Gasteiger partial charge in [0.1, 0.15) is 0 Å². The van der Waals surface area contributed by atoms with Crippen molar-refractivity contribution in [3.63, 3.8) is 0 Å². The fraction of sp³-hybridized carbons (Fsp3) is 0.286. The topological polar surface area (TPSA) is 104 Å². The van der Waals surface area contributed by atoms with E-state index in [1.54, 1.807) is 17.8 Å². The van der Waals surface area contributed by atoms with E-state index in [9.17, 15) is 14.4 Å². The van der Waals surface area contributed by atoms with Crippen molar-refractivity contribution in [1.29, 1.82) is 0 Å². The first-order valence-corrected chi connectivity index (χ1v) is 10.6. The number of nitrogens with one attached hydrogen (secondary N) is 1. The van der Waals surface area contributed by atoms with Crippen molar-refractivity contribution in [1.82, 2.24) is 23.7 Å². The van der Waals surface area contributed by atoms with Gasteiger partial charge in [-0.05, 0) is 12.0 Å². The number of hydrogen-bond donors (Lipinski definition) is 1. The highest BCUT2D eigenvalue weighted by atomic mass is 32.1. The Balaban J connectivity index is 1.35. The van der Waals surface area contributed by atoms with Crippen molar-refractivity contribution < 1.29 is 4.79 Å². The molecule has 0 spiro atoms. The standard InChI is InChI=1S/C21H22N6O3S/c1-25-18-17(19(29)26(2)21(25)30)27(13-23-18)10-6-9-16(28)24-20-22-12-15(31-20)11-14-7-4-3-5-8-14/h3-5,7-8,12-13H,6,9-11H2,1-2H3,(H,22,24,28). The van der Waals surface area contributed by atoms with Crippen LogP contribution in [0.15, 0.2) is 52.4 Å². The third kappa shape index (κ3) is 4.33. The van der Waals surface area contributed by atoms with Gasteiger partial charge in [0.05, 0.1) is 6.33 Å². The van der Waals surface area contributed by atoms with Gasteiger partial charge >= 0.3 is 5.69 Å². The number of nitrogens with zero attached hydrogens (tertiary/aromatic N) is 5. The Morgan fingerprint density at radius 1 is 1.10 bits per heavy atom. The second-order valence-electron chi connectivity index (χ2n) is 7.26. The van der Waals surface area contributed by atoms with E-state index >= 15 is 0 Å². The molecule has 3 heterocycles. The monoisotopic (exact) mass is 438 g/mol. The van der Waals surface area contributed by atoms with Crippen LogP contribution in [0.4, 0.5) is 5.13 Å². The number of amides is 1. The average molecular weight is 439 g/mol. The summed E-state index contributed by atoms with van der Waals surface area (Å²) in [5, 5.41) is 3.41. The largest absolute Gasteiger partial charge is 0.332 e. The highest BCUT2D eigenvalue weighted by molar-refractivity contribution is 7.15. The lowest BCUT2D eigenvalue weighted by Crippen LogP contribution is -2.37. The number of hydrogen-bond acceptors (Lipinski definition) is 6. The minimum Gasteiger partial charge on any atom is -0.325 e. The first-order chi connectivity index (χ1) is 14.9. The van der Waals surface area contributed by atoms with Gasteiger partial charge in [-0.15, -0.1) is 11.3 Å². The zero-order valence-electron chi connectivity index (χ0n) is 17.2. The molecule has 0 aliphatic rings. The molecule has 10 heteroatoms. The minimum atomic E-state index is -0.419. The molecule has 0 unspecified atom stereocenters. The predicted molar refractivity (Wildman–Crippen MR) is 119 cm³/mol. The number of imidazole rings is 1. The Bertz CT molecular complexity index is 1350. The molecular weight excluding hydrogens is 416 g/mol. The molecule has 0 atom stereocenters. The molecule has 0 radical (unpaired) electrons. The first-order valence-electron chi connectivity index (χ1n) is 9.83. The summed E-state index contributed by atoms with van der Waals surface area (Å²) in [6, 6.07) is 10.1. The van der Waals surface area contributed by atoms with E-state index in [1.807, 2.05) is 18.2 Å². The Morgan fingerprint density at radius 2 is 1.87 bits per heavy atom. The van der Waals surface area contributed by atoms with E-state index in [2.05, 4.69) is 27.4 Å². The third-order valence-electron chi connectivity index (χ3n) is 5.04. The summed E-state index contributed by atoms with van der Waals surface area (Å²) in [6.45, 7) is 0.439. The Morgan fingerprint density at radius 3 is 2.65 bits per heavy atom. The molecule has 0 saturated heterocycles. The summed E-state index contributed by atoms with van der Waals surface area (Å²) < 4.78 is 4.09. The van der Waals surface area contributed by atoms with E-state index in [0.717, 1.165) is 15.9 Å². The molecule has 0 fully saturated rings. The van der Waals surface area contributed by atoms with Crippen LogP contribution in [-0.2, 0) is 31.9 Å². The van der Waals surface area contributed by atoms with Crippen LogP contribution in [-0.4, -0.2) is 29.6 Å². The molecule has 4 aromatic rings. The number of anilines is 1. The van der Waals surface area contributed by atoms with Crippen molar-refractivity contribution in [2.45, 2.75) is 25.8 Å². The second kappa shape index (κ2) is 8.68. The highest BCUT2D eigenvalue weighted by Gasteiger charge is 2.14. The van der Waals surface area contributed by atoms with Crippen molar-refractivity contribution in [3.05, 3.63) is 74.1 Å². The number of benzene rings is 1. The van der Waals surface area contributed by atoms with Gasteiger partial charge in [0.2, 0.25) is 5.91 Å². The maximum Gasteiger partial charge on any atom is 0.332 e. The number of thiazole rings is 1. The van der Waals surface area contributed by atoms with Crippen LogP contribution < -0.4 is 16.6 Å². The molecule has 0 saturated carbocycles. The van der Waals surface area contributed by atoms with Crippen molar-refractivity contribution in [2.24, 2.45) is 14.1 Å². The zero-order chi connectivity index (χ0) is 22.0. The number of carbonyl (C=O) groups excluding carboxylic acids is 1. The molecule has 9 nitrogen and oxygen atoms in total. The second-order valence-corrected chi connectivity index (χ2v) is 8.38. The molecule has 0 aliphatic carbocycles. The number of carbonyl (C=O) groups is 1. The molecular formula is C21H22N6O3S. The van der Waals surface area contributed by atoms with E-state index in [0.29, 0.717) is 29.3 Å². The summed E-state index contributed by atoms with van der Waals surface area (Å²) in [4.78, 5) is 46.3. The summed E-state index contributed by atoms with van der Waals surface area (Å²) in [7, 11) is 3.02. The molecule has 160 valence electrons. The number of fused-ring (bicyclic) bond motifs is 1. The van der Waals surface area contributed by atoms with Gasteiger partial charge in [-0.3, -0.25) is 18.7 Å². The quantitative estimate of drug-likeness (QED) is 0.475. The lowest BCUT2D eigenvalue weighted by molar-refractivity contribution is -0.116. The van der Waals surface area contributed by atoms with Crippen LogP contribution in [0.1, 0.15) is 23.3 Å². The highest BCUT2D eigenvalue weighted by Crippen LogP contribution is 2.21. The van der Waals surface area contributed by atoms with Crippen molar-refractivity contribution >= 4 is 33.5 Å². The molecule has 0 bridgehead atoms. The summed E-state index contributed by atoms with van der Waals surface area (Å²) in [5.74, 6) is -0.134. The fourth-order valence-electron chi connectivity index (χ4n) is 3.40. The SMILES string of the molecule is Cn1c(=O)c2c(ncn2CCCC(=O)Nc2ncc(Cc3ccccc3)s2)n(C)c1=O. The lowest BCUT2D eigenvalue weighted by atomic mass is 10.1. The van der Waals surface area contributed by atoms with Gasteiger partial charge in [-0.2, -0.15) is 0 Å². The van der Waals surface area contributed by atoms with Crippen LogP contribution >= 0.6 is 11.3 Å². The van der Waals surface area contributed by atoms with Crippen LogP contribution in [0.5, 0.6) is 0 Å². The predicted octanol–water partition coefficient (Wildman–Crippen LogP) is 1.90. The molecule has 0 aliphatic heterocycles. The maximum absolute atomic E-state index is 12.5. The van der Waals surface area contributed by atoms with E-state index < -0.39 is 11.2 Å². The molecule has 3 aromatic heterocycles. The van der Waals surface area contributed by atoms with Crippen LogP contribution in [0.3, 0.4) is 0 Å². The summed E-state index contributed by atoms with van der Waals surface area (Å²) in [5.41, 5.74) is 1.08. The minimum absolute atomic E-state index is 0.134. The van der Waals surface area contributed by atoms with Gasteiger partial charge in [0.25, 0.3) is 5.56 Å². The molecule has 31 heavy (non-hydrogen) atoms. The van der Waals surface area contributed by atoms with Crippen LogP contribution in [0, 0.1) is 0 Å². The smallest absolute Gasteiger partial charge is 0.325 e. The Kier molecular flexibility index (Phi) is 5.81. The fourth-order valence-corrected chi connectivity index (χ4v) is 4.27. The maximum atomic E-state index is 12.5. The van der Waals surface area contributed by atoms with Crippen LogP contribution in [0.2, 0.25) is 0 Å². The number of aryl methyl sites for hydroxylation is 2. The van der Waals surface area contributed by atoms with Gasteiger partial charge in [0, 0.05) is 44.6 Å². The van der Waals surface area contributed by atoms with Gasteiger partial charge < -0.3 is 9.88 Å². The summed E-state index contributed by atoms with van der Waals surface area (Å²) >= 11 is 1.46. The Hall–Kier alpha value is -3.53. The van der Waals surface area contributed by atoms with Gasteiger partial charge in [0.15, 0.2) is 16.3 Å². The average Bonchev–Trinajstić information content (AvgIpc) is 3.38. The zero-order valence-corrected chi connectivity index (χ0v) is 18.1. The van der Waals surface area contributed by atoms with E-state index in [4.69, 9.17) is 0 Å². The molecule has 1 aromatic carbocycles. The van der Waals surface area contributed by atoms with Crippen molar-refractivity contribution in [3.8, 4) is 0 Å². The number of aromatic nitrogens is 5. The lowest BCUT2D eigenvalue weighted by Gasteiger charge is -2.06. The summed E-state index contributed by atoms with van der Waals surface area (Å²) in [6.07, 6.45) is 4.88. The van der Waals surface area contributed by atoms with Crippen molar-refractivity contribution in [2.75, 3.05) is 5.32 Å². The van der Waals surface area contributed by atoms with E-state index in [1.165, 1.54) is 34.8 Å². The van der Waals surface area contributed by atoms with Gasteiger partial charge in [-0.25, -0.2) is 14.8 Å². The number of rotatable bonds is 7. The van der Waals surface area contributed by atoms with Gasteiger partial charge in [-0.1, -0.05) is 30.3 Å². The third-order valence-corrected chi connectivity index (χ3v) is 5.95. The first kappa shape index (κ1) is 20.7.